The summed E-state index contributed by atoms with van der Waals surface area (Å²) in [4.78, 5) is 26.5. The van der Waals surface area contributed by atoms with Crippen LogP contribution in [0.1, 0.15) is 23.2 Å². The number of nitrogens with one attached hydrogen (secondary N) is 2. The maximum atomic E-state index is 12.2. The number of carbonyl (C=O) groups is 1. The van der Waals surface area contributed by atoms with E-state index in [1.54, 1.807) is 7.05 Å². The number of aromatic nitrogens is 1. The smallest absolute Gasteiger partial charge is 0.300 e. The Morgan fingerprint density at radius 1 is 1.52 bits per heavy atom. The Kier molecular flexibility index (Phi) is 5.38. The fraction of sp³-hybridized carbons (Fsp3) is 0.538. The van der Waals surface area contributed by atoms with Gasteiger partial charge in [-0.25, -0.2) is 4.98 Å². The molecule has 0 bridgehead atoms. The number of nitro groups is 1. The van der Waals surface area contributed by atoms with Crippen molar-refractivity contribution in [1.82, 2.24) is 10.3 Å². The lowest BCUT2D eigenvalue weighted by molar-refractivity contribution is -0.385. The van der Waals surface area contributed by atoms with Gasteiger partial charge in [0, 0.05) is 19.7 Å². The molecule has 1 amide bonds. The minimum absolute atomic E-state index is 0.0459. The van der Waals surface area contributed by atoms with Crippen LogP contribution in [-0.4, -0.2) is 40.9 Å². The van der Waals surface area contributed by atoms with Crippen LogP contribution in [0.25, 0.3) is 0 Å². The Balaban J connectivity index is 2.07. The summed E-state index contributed by atoms with van der Waals surface area (Å²) in [6.45, 7) is 0.563. The number of amides is 1. The molecular formula is C13H18N4O3S. The molecule has 1 aromatic heterocycles. The number of hydrogen-bond acceptors (Lipinski definition) is 6. The van der Waals surface area contributed by atoms with Crippen LogP contribution in [-0.2, 0) is 0 Å². The van der Waals surface area contributed by atoms with Gasteiger partial charge in [0.15, 0.2) is 0 Å². The van der Waals surface area contributed by atoms with Crippen LogP contribution in [0.2, 0.25) is 0 Å². The summed E-state index contributed by atoms with van der Waals surface area (Å²) < 4.78 is 0. The van der Waals surface area contributed by atoms with Gasteiger partial charge in [0.25, 0.3) is 11.6 Å². The highest BCUT2D eigenvalue weighted by atomic mass is 32.2. The fourth-order valence-electron chi connectivity index (χ4n) is 2.20. The molecule has 1 aliphatic rings. The Labute approximate surface area is 127 Å². The van der Waals surface area contributed by atoms with Crippen LogP contribution >= 0.6 is 11.8 Å². The summed E-state index contributed by atoms with van der Waals surface area (Å²) in [5.74, 6) is 2.69. The van der Waals surface area contributed by atoms with Crippen molar-refractivity contribution in [3.05, 3.63) is 27.9 Å². The average Bonchev–Trinajstić information content (AvgIpc) is 2.52. The van der Waals surface area contributed by atoms with E-state index in [1.807, 2.05) is 11.8 Å². The topological polar surface area (TPSA) is 97.2 Å². The molecule has 0 spiro atoms. The predicted octanol–water partition coefficient (Wildman–Crippen LogP) is 1.90. The van der Waals surface area contributed by atoms with E-state index in [2.05, 4.69) is 15.6 Å². The SMILES string of the molecule is CNc1cc(C(=O)NCC2CCSCC2)c([N+](=O)[O-])cn1. The van der Waals surface area contributed by atoms with Gasteiger partial charge in [0.05, 0.1) is 4.92 Å². The molecule has 8 heteroatoms. The largest absolute Gasteiger partial charge is 0.373 e. The molecule has 1 aromatic rings. The summed E-state index contributed by atoms with van der Waals surface area (Å²) in [7, 11) is 1.65. The highest BCUT2D eigenvalue weighted by Gasteiger charge is 2.22. The number of pyridine rings is 1. The molecule has 2 heterocycles. The second-order valence-electron chi connectivity index (χ2n) is 4.86. The second kappa shape index (κ2) is 7.26. The van der Waals surface area contributed by atoms with Crippen LogP contribution < -0.4 is 10.6 Å². The number of hydrogen-bond donors (Lipinski definition) is 2. The van der Waals surface area contributed by atoms with Crippen molar-refractivity contribution in [1.29, 1.82) is 0 Å². The van der Waals surface area contributed by atoms with Crippen LogP contribution in [0.5, 0.6) is 0 Å². The Morgan fingerprint density at radius 2 is 2.24 bits per heavy atom. The van der Waals surface area contributed by atoms with Gasteiger partial charge in [0.2, 0.25) is 0 Å². The van der Waals surface area contributed by atoms with E-state index < -0.39 is 10.8 Å². The fourth-order valence-corrected chi connectivity index (χ4v) is 3.40. The minimum Gasteiger partial charge on any atom is -0.373 e. The molecule has 0 unspecified atom stereocenters. The zero-order valence-corrected chi connectivity index (χ0v) is 12.6. The first kappa shape index (κ1) is 15.6. The van der Waals surface area contributed by atoms with Crippen molar-refractivity contribution in [2.45, 2.75) is 12.8 Å². The molecule has 1 fully saturated rings. The first-order chi connectivity index (χ1) is 10.1. The highest BCUT2D eigenvalue weighted by molar-refractivity contribution is 7.99. The van der Waals surface area contributed by atoms with Crippen molar-refractivity contribution >= 4 is 29.2 Å². The van der Waals surface area contributed by atoms with Crippen LogP contribution in [0.3, 0.4) is 0 Å². The summed E-state index contributed by atoms with van der Waals surface area (Å²) in [6, 6.07) is 1.41. The molecule has 114 valence electrons. The molecule has 1 aliphatic heterocycles. The third-order valence-corrected chi connectivity index (χ3v) is 4.52. The van der Waals surface area contributed by atoms with E-state index in [4.69, 9.17) is 0 Å². The highest BCUT2D eigenvalue weighted by Crippen LogP contribution is 2.23. The van der Waals surface area contributed by atoms with Crippen molar-refractivity contribution in [3.8, 4) is 0 Å². The molecule has 1 saturated heterocycles. The number of thioether (sulfide) groups is 1. The van der Waals surface area contributed by atoms with Crippen molar-refractivity contribution in [2.24, 2.45) is 5.92 Å². The van der Waals surface area contributed by atoms with Crippen molar-refractivity contribution < 1.29 is 9.72 Å². The Bertz CT molecular complexity index is 532. The van der Waals surface area contributed by atoms with Crippen molar-refractivity contribution in [2.75, 3.05) is 30.4 Å². The molecule has 21 heavy (non-hydrogen) atoms. The molecule has 0 radical (unpaired) electrons. The summed E-state index contributed by atoms with van der Waals surface area (Å²) >= 11 is 1.92. The lowest BCUT2D eigenvalue weighted by atomic mass is 10.0. The molecular weight excluding hydrogens is 292 g/mol. The third kappa shape index (κ3) is 4.07. The summed E-state index contributed by atoms with van der Waals surface area (Å²) in [5, 5.41) is 16.6. The van der Waals surface area contributed by atoms with Gasteiger partial charge in [-0.1, -0.05) is 0 Å². The van der Waals surface area contributed by atoms with E-state index >= 15 is 0 Å². The van der Waals surface area contributed by atoms with Gasteiger partial charge in [-0.05, 0) is 30.3 Å². The zero-order chi connectivity index (χ0) is 15.2. The maximum Gasteiger partial charge on any atom is 0.300 e. The molecule has 0 atom stereocenters. The zero-order valence-electron chi connectivity index (χ0n) is 11.8. The lowest BCUT2D eigenvalue weighted by Gasteiger charge is -2.21. The maximum absolute atomic E-state index is 12.2. The molecule has 7 nitrogen and oxygen atoms in total. The number of rotatable bonds is 5. The normalized spacial score (nSPS) is 15.5. The average molecular weight is 310 g/mol. The quantitative estimate of drug-likeness (QED) is 0.637. The van der Waals surface area contributed by atoms with Gasteiger partial charge >= 0.3 is 0 Å². The Hall–Kier alpha value is -1.83. The number of carbonyl (C=O) groups excluding carboxylic acids is 1. The van der Waals surface area contributed by atoms with E-state index in [1.165, 1.54) is 6.07 Å². The van der Waals surface area contributed by atoms with Crippen LogP contribution in [0.4, 0.5) is 11.5 Å². The van der Waals surface area contributed by atoms with Crippen LogP contribution in [0.15, 0.2) is 12.3 Å². The predicted molar refractivity (Wildman–Crippen MR) is 82.8 cm³/mol. The monoisotopic (exact) mass is 310 g/mol. The molecule has 0 aliphatic carbocycles. The van der Waals surface area contributed by atoms with Gasteiger partial charge < -0.3 is 10.6 Å². The van der Waals surface area contributed by atoms with Gasteiger partial charge in [-0.15, -0.1) is 0 Å². The van der Waals surface area contributed by atoms with Gasteiger partial charge in [-0.3, -0.25) is 14.9 Å². The third-order valence-electron chi connectivity index (χ3n) is 3.47. The molecule has 0 aromatic carbocycles. The van der Waals surface area contributed by atoms with Crippen molar-refractivity contribution in [3.63, 3.8) is 0 Å². The number of anilines is 1. The lowest BCUT2D eigenvalue weighted by Crippen LogP contribution is -2.31. The molecule has 0 saturated carbocycles. The van der Waals surface area contributed by atoms with Crippen LogP contribution in [0, 0.1) is 16.0 Å². The summed E-state index contributed by atoms with van der Waals surface area (Å²) in [5.41, 5.74) is -0.227. The standard InChI is InChI=1S/C13H18N4O3S/c1-14-12-6-10(11(8-15-12)17(19)20)13(18)16-7-9-2-4-21-5-3-9/h6,8-9H,2-5,7H2,1H3,(H,14,15)(H,16,18). The molecule has 2 rings (SSSR count). The Morgan fingerprint density at radius 3 is 2.86 bits per heavy atom. The van der Waals surface area contributed by atoms with E-state index in [9.17, 15) is 14.9 Å². The number of nitrogens with zero attached hydrogens (tertiary/aromatic N) is 2. The molecule has 2 N–H and O–H groups in total. The van der Waals surface area contributed by atoms with Gasteiger partial charge in [0.1, 0.15) is 17.6 Å². The first-order valence-corrected chi connectivity index (χ1v) is 7.95. The van der Waals surface area contributed by atoms with E-state index in [0.717, 1.165) is 30.5 Å². The second-order valence-corrected chi connectivity index (χ2v) is 6.08. The summed E-state index contributed by atoms with van der Waals surface area (Å²) in [6.07, 6.45) is 3.26. The first-order valence-electron chi connectivity index (χ1n) is 6.80. The minimum atomic E-state index is -0.585. The van der Waals surface area contributed by atoms with E-state index in [-0.39, 0.29) is 11.3 Å². The van der Waals surface area contributed by atoms with E-state index in [0.29, 0.717) is 18.3 Å². The van der Waals surface area contributed by atoms with Gasteiger partial charge in [-0.2, -0.15) is 11.8 Å².